The van der Waals surface area contributed by atoms with Gasteiger partial charge in [0.25, 0.3) is 0 Å². The predicted molar refractivity (Wildman–Crippen MR) is 161 cm³/mol. The molecule has 0 radical (unpaired) electrons. The molecule has 0 bridgehead atoms. The summed E-state index contributed by atoms with van der Waals surface area (Å²) in [6, 6.07) is 5.88. The average molecular weight is 622 g/mol. The van der Waals surface area contributed by atoms with Crippen LogP contribution in [0.25, 0.3) is 11.0 Å². The van der Waals surface area contributed by atoms with Crippen LogP contribution in [0.1, 0.15) is 46.5 Å². The second kappa shape index (κ2) is 16.7. The van der Waals surface area contributed by atoms with Gasteiger partial charge in [-0.2, -0.15) is 11.8 Å². The molecule has 2 aromatic rings. The van der Waals surface area contributed by atoms with Crippen LogP contribution in [0.2, 0.25) is 0 Å². The number of carbonyl (C=O) groups is 4. The summed E-state index contributed by atoms with van der Waals surface area (Å²) in [5.41, 5.74) is 6.39. The van der Waals surface area contributed by atoms with Crippen LogP contribution < -0.4 is 26.7 Å². The zero-order valence-electron chi connectivity index (χ0n) is 24.3. The van der Waals surface area contributed by atoms with Gasteiger partial charge in [0, 0.05) is 34.4 Å². The zero-order chi connectivity index (χ0) is 32.2. The topological polar surface area (TPSA) is 218 Å². The van der Waals surface area contributed by atoms with Gasteiger partial charge in [-0.15, -0.1) is 0 Å². The molecule has 0 saturated heterocycles. The van der Waals surface area contributed by atoms with E-state index in [4.69, 9.17) is 25.1 Å². The van der Waals surface area contributed by atoms with E-state index < -0.39 is 58.9 Å². The third-order valence-electron chi connectivity index (χ3n) is 6.58. The van der Waals surface area contributed by atoms with Crippen LogP contribution in [0.5, 0.6) is 5.75 Å². The van der Waals surface area contributed by atoms with Crippen molar-refractivity contribution in [2.75, 3.05) is 18.9 Å². The first-order chi connectivity index (χ1) is 20.2. The highest BCUT2D eigenvalue weighted by atomic mass is 32.2. The van der Waals surface area contributed by atoms with Crippen molar-refractivity contribution >= 4 is 46.5 Å². The van der Waals surface area contributed by atoms with E-state index in [9.17, 15) is 29.1 Å². The lowest BCUT2D eigenvalue weighted by molar-refractivity contribution is -0.139. The van der Waals surface area contributed by atoms with E-state index in [2.05, 4.69) is 10.6 Å². The molecule has 1 heterocycles. The number of carboxylic acids is 2. The van der Waals surface area contributed by atoms with Gasteiger partial charge in [-0.25, -0.2) is 4.79 Å². The maximum atomic E-state index is 12.6. The minimum atomic E-state index is -1.26. The minimum absolute atomic E-state index is 0.0286. The molecule has 2 amide bonds. The first-order valence-corrected chi connectivity index (χ1v) is 14.6. The Balaban J connectivity index is 1.90. The standard InChI is InChI=1S/C29H39N3O10S/c1-17(12-13-41-19-7-5-18-6-11-26(37)42-22(18)14-19)4-9-23(33)29(2,3)43-16-21(27(38)31-15-25(35)36)32-24(34)10-8-20(30)28(39)40/h5-7,11-12,14,20-21,23,33H,4,8-10,13,15-16,30H2,1-3H3,(H,31,38)(H,32,34)(H,35,36)(H,39,40)/b17-12+. The summed E-state index contributed by atoms with van der Waals surface area (Å²) in [6.45, 7) is 5.13. The van der Waals surface area contributed by atoms with Gasteiger partial charge in [0.1, 0.15) is 36.6 Å². The molecule has 1 aromatic heterocycles. The first kappa shape index (κ1) is 35.3. The van der Waals surface area contributed by atoms with Gasteiger partial charge in [-0.05, 0) is 64.3 Å². The molecule has 2 rings (SSSR count). The fourth-order valence-corrected chi connectivity index (χ4v) is 4.91. The predicted octanol–water partition coefficient (Wildman–Crippen LogP) is 1.65. The largest absolute Gasteiger partial charge is 0.489 e. The number of rotatable bonds is 18. The van der Waals surface area contributed by atoms with E-state index >= 15 is 0 Å². The van der Waals surface area contributed by atoms with E-state index in [1.165, 1.54) is 17.8 Å². The van der Waals surface area contributed by atoms with Crippen molar-refractivity contribution in [1.82, 2.24) is 10.6 Å². The van der Waals surface area contributed by atoms with Gasteiger partial charge in [-0.1, -0.05) is 5.57 Å². The third-order valence-corrected chi connectivity index (χ3v) is 8.09. The Morgan fingerprint density at radius 1 is 1.12 bits per heavy atom. The lowest BCUT2D eigenvalue weighted by Gasteiger charge is -2.31. The number of hydrogen-bond acceptors (Lipinski definition) is 10. The molecule has 3 atom stereocenters. The smallest absolute Gasteiger partial charge is 0.336 e. The van der Waals surface area contributed by atoms with Crippen molar-refractivity contribution in [3.05, 3.63) is 52.4 Å². The molecule has 13 nitrogen and oxygen atoms in total. The van der Waals surface area contributed by atoms with Crippen molar-refractivity contribution < 1.29 is 43.7 Å². The van der Waals surface area contributed by atoms with Crippen LogP contribution in [0.3, 0.4) is 0 Å². The highest BCUT2D eigenvalue weighted by molar-refractivity contribution is 8.00. The SMILES string of the molecule is C/C(=C\COc1ccc2ccc(=O)oc2c1)CCC(O)C(C)(C)SCC(NC(=O)CCC(N)C(=O)O)C(=O)NCC(=O)O. The number of amides is 2. The summed E-state index contributed by atoms with van der Waals surface area (Å²) < 4.78 is 10.2. The Morgan fingerprint density at radius 3 is 2.49 bits per heavy atom. The molecular weight excluding hydrogens is 582 g/mol. The number of thioether (sulfide) groups is 1. The Bertz CT molecular complexity index is 1370. The highest BCUT2D eigenvalue weighted by Gasteiger charge is 2.31. The molecule has 0 saturated carbocycles. The summed E-state index contributed by atoms with van der Waals surface area (Å²) in [7, 11) is 0. The van der Waals surface area contributed by atoms with Crippen molar-refractivity contribution in [2.45, 2.75) is 69.4 Å². The number of hydrogen-bond donors (Lipinski definition) is 6. The lowest BCUT2D eigenvalue weighted by Crippen LogP contribution is -2.50. The first-order valence-electron chi connectivity index (χ1n) is 13.6. The number of aliphatic hydroxyl groups is 1. The number of aliphatic hydroxyl groups excluding tert-OH is 1. The van der Waals surface area contributed by atoms with Crippen LogP contribution in [0.4, 0.5) is 0 Å². The monoisotopic (exact) mass is 621 g/mol. The van der Waals surface area contributed by atoms with E-state index in [0.29, 0.717) is 24.2 Å². The summed E-state index contributed by atoms with van der Waals surface area (Å²) in [6.07, 6.45) is 1.67. The number of fused-ring (bicyclic) bond motifs is 1. The second-order valence-electron chi connectivity index (χ2n) is 10.5. The molecular formula is C29H39N3O10S. The van der Waals surface area contributed by atoms with Crippen LogP contribution in [0, 0.1) is 0 Å². The highest BCUT2D eigenvalue weighted by Crippen LogP contribution is 2.32. The number of benzene rings is 1. The minimum Gasteiger partial charge on any atom is -0.489 e. The number of nitrogens with one attached hydrogen (secondary N) is 2. The van der Waals surface area contributed by atoms with Gasteiger partial charge >= 0.3 is 17.6 Å². The summed E-state index contributed by atoms with van der Waals surface area (Å²) >= 11 is 1.23. The quantitative estimate of drug-likeness (QED) is 0.103. The lowest BCUT2D eigenvalue weighted by atomic mass is 9.99. The van der Waals surface area contributed by atoms with E-state index in [1.54, 1.807) is 38.1 Å². The fourth-order valence-electron chi connectivity index (χ4n) is 3.76. The Morgan fingerprint density at radius 2 is 1.81 bits per heavy atom. The van der Waals surface area contributed by atoms with Gasteiger partial charge in [0.15, 0.2) is 0 Å². The number of carbonyl (C=O) groups excluding carboxylic acids is 2. The molecule has 0 aliphatic rings. The average Bonchev–Trinajstić information content (AvgIpc) is 2.94. The van der Waals surface area contributed by atoms with Crippen molar-refractivity contribution in [3.63, 3.8) is 0 Å². The second-order valence-corrected chi connectivity index (χ2v) is 12.2. The van der Waals surface area contributed by atoms with E-state index in [0.717, 1.165) is 11.0 Å². The van der Waals surface area contributed by atoms with Gasteiger partial charge in [0.05, 0.1) is 6.10 Å². The molecule has 3 unspecified atom stereocenters. The third kappa shape index (κ3) is 12.5. The number of nitrogens with two attached hydrogens (primary N) is 1. The number of aliphatic carboxylic acids is 2. The Labute approximate surface area is 252 Å². The zero-order valence-corrected chi connectivity index (χ0v) is 25.1. The Hall–Kier alpha value is -3.88. The van der Waals surface area contributed by atoms with Crippen molar-refractivity contribution in [3.8, 4) is 5.75 Å². The van der Waals surface area contributed by atoms with Crippen LogP contribution in [0.15, 0.2) is 51.2 Å². The van der Waals surface area contributed by atoms with Crippen LogP contribution in [-0.4, -0.2) is 80.9 Å². The maximum absolute atomic E-state index is 12.6. The molecule has 1 aromatic carbocycles. The molecule has 43 heavy (non-hydrogen) atoms. The molecule has 236 valence electrons. The number of ether oxygens (including phenoxy) is 1. The molecule has 0 aliphatic heterocycles. The van der Waals surface area contributed by atoms with Crippen molar-refractivity contribution in [2.24, 2.45) is 5.73 Å². The molecule has 0 fully saturated rings. The molecule has 7 N–H and O–H groups in total. The van der Waals surface area contributed by atoms with Crippen LogP contribution >= 0.6 is 11.8 Å². The van der Waals surface area contributed by atoms with E-state index in [-0.39, 0.29) is 25.2 Å². The summed E-state index contributed by atoms with van der Waals surface area (Å²) in [4.78, 5) is 58.2. The van der Waals surface area contributed by atoms with Gasteiger partial charge in [-0.3, -0.25) is 19.2 Å². The normalized spacial score (nSPS) is 14.0. The number of carboxylic acid groups (broad SMARTS) is 2. The van der Waals surface area contributed by atoms with Crippen LogP contribution in [-0.2, 0) is 19.2 Å². The summed E-state index contributed by atoms with van der Waals surface area (Å²) in [5.74, 6) is -3.27. The molecule has 0 spiro atoms. The maximum Gasteiger partial charge on any atom is 0.336 e. The van der Waals surface area contributed by atoms with Gasteiger partial charge < -0.3 is 40.8 Å². The van der Waals surface area contributed by atoms with E-state index in [1.807, 2.05) is 13.0 Å². The Kier molecular flexibility index (Phi) is 13.7. The number of allylic oxidation sites excluding steroid dienone is 1. The fraction of sp³-hybridized carbons (Fsp3) is 0.483. The van der Waals surface area contributed by atoms with Gasteiger partial charge in [0.2, 0.25) is 11.8 Å². The summed E-state index contributed by atoms with van der Waals surface area (Å²) in [5, 5.41) is 34.2. The van der Waals surface area contributed by atoms with Crippen molar-refractivity contribution in [1.29, 1.82) is 0 Å². The molecule has 0 aliphatic carbocycles. The molecule has 14 heteroatoms.